The quantitative estimate of drug-likeness (QED) is 0.0182. The Kier molecular flexibility index (Phi) is 40.9. The lowest BCUT2D eigenvalue weighted by Gasteiger charge is -2.43. The van der Waals surface area contributed by atoms with Crippen LogP contribution < -0.4 is 25.2 Å². The molecular weight excluding hydrogens is 1790 g/mol. The summed E-state index contributed by atoms with van der Waals surface area (Å²) in [6, 6.07) is 44.7. The van der Waals surface area contributed by atoms with Crippen molar-refractivity contribution in [3.8, 4) is 11.5 Å². The van der Waals surface area contributed by atoms with E-state index in [0.29, 0.717) is 133 Å². The van der Waals surface area contributed by atoms with Gasteiger partial charge in [0.25, 0.3) is 18.1 Å². The van der Waals surface area contributed by atoms with Crippen LogP contribution in [0.25, 0.3) is 0 Å². The number of likely N-dealkylation sites (N-methyl/N-ethyl adjacent to an activating group) is 2. The van der Waals surface area contributed by atoms with Gasteiger partial charge in [-0.3, -0.25) is 47.6 Å². The third kappa shape index (κ3) is 30.9. The summed E-state index contributed by atoms with van der Waals surface area (Å²) in [7, 11) is 16.9. The van der Waals surface area contributed by atoms with Gasteiger partial charge in [0.2, 0.25) is 23.6 Å². The fourth-order valence-electron chi connectivity index (χ4n) is 19.9. The first-order chi connectivity index (χ1) is 66.4. The highest BCUT2D eigenvalue weighted by atomic mass is 32.2. The molecule has 7 aliphatic rings. The van der Waals surface area contributed by atoms with Crippen molar-refractivity contribution < 1.29 is 61.5 Å². The van der Waals surface area contributed by atoms with Gasteiger partial charge in [0.1, 0.15) is 46.8 Å². The Bertz CT molecular complexity index is 5190. The lowest BCUT2D eigenvalue weighted by atomic mass is 9.80. The lowest BCUT2D eigenvalue weighted by molar-refractivity contribution is -0.147. The smallest absolute Gasteiger partial charge is 0.288 e. The number of hydrogen-bond acceptors (Lipinski definition) is 25. The molecule has 0 bridgehead atoms. The van der Waals surface area contributed by atoms with Crippen molar-refractivity contribution in [2.24, 2.45) is 32.5 Å². The molecule has 31 heteroatoms. The van der Waals surface area contributed by atoms with E-state index in [4.69, 9.17) is 44.4 Å². The summed E-state index contributed by atoms with van der Waals surface area (Å²) in [6.07, 6.45) is 17.2. The van der Waals surface area contributed by atoms with E-state index in [1.54, 1.807) is 35.7 Å². The van der Waals surface area contributed by atoms with Crippen LogP contribution in [0.5, 0.6) is 11.5 Å². The van der Waals surface area contributed by atoms with Crippen molar-refractivity contribution in [2.75, 3.05) is 155 Å². The summed E-state index contributed by atoms with van der Waals surface area (Å²) >= 11 is 1.60. The predicted molar refractivity (Wildman–Crippen MR) is 556 cm³/mol. The summed E-state index contributed by atoms with van der Waals surface area (Å²) in [5, 5.41) is 5.12. The Hall–Kier alpha value is -10.1. The van der Waals surface area contributed by atoms with E-state index < -0.39 is 38.9 Å². The molecule has 6 aromatic rings. The molecule has 1 aromatic heterocycles. The van der Waals surface area contributed by atoms with Gasteiger partial charge in [-0.05, 0) is 238 Å². The molecule has 11 atom stereocenters. The number of hydrogen-bond donors (Lipinski definition) is 3. The number of carbonyl (C=O) groups excluding carboxylic acids is 7. The van der Waals surface area contributed by atoms with Crippen molar-refractivity contribution in [1.82, 2.24) is 59.0 Å². The molecule has 4 fully saturated rings. The monoisotopic (exact) mass is 1950 g/mol. The number of amides is 4. The molecule has 5 aromatic carbocycles. The fraction of sp³-hybridized carbons (Fsp3) is 0.583. The maximum atomic E-state index is 14.5. The topological polar surface area (TPSA) is 302 Å². The van der Waals surface area contributed by atoms with Crippen LogP contribution in [0.3, 0.4) is 0 Å². The number of nitrogens with two attached hydrogens (primary N) is 1. The number of nitrogens with zero attached hydrogens (tertiary/aromatic N) is 13. The van der Waals surface area contributed by atoms with E-state index in [1.165, 1.54) is 46.1 Å². The van der Waals surface area contributed by atoms with Crippen LogP contribution >= 0.6 is 11.3 Å². The maximum absolute atomic E-state index is 14.5. The van der Waals surface area contributed by atoms with Crippen LogP contribution in [0.1, 0.15) is 218 Å². The number of aryl methyl sites for hydroxylation is 2. The summed E-state index contributed by atoms with van der Waals surface area (Å²) in [6.45, 7) is 19.1. The molecule has 0 spiro atoms. The number of unbranched alkanes of at least 4 members (excludes halogenated alkanes) is 3. The van der Waals surface area contributed by atoms with Gasteiger partial charge in [-0.15, -0.1) is 11.3 Å². The van der Waals surface area contributed by atoms with Crippen LogP contribution in [0.2, 0.25) is 0 Å². The van der Waals surface area contributed by atoms with E-state index in [2.05, 4.69) is 118 Å². The summed E-state index contributed by atoms with van der Waals surface area (Å²) < 4.78 is 45.3. The van der Waals surface area contributed by atoms with Crippen LogP contribution in [0.15, 0.2) is 160 Å². The number of benzene rings is 5. The van der Waals surface area contributed by atoms with Crippen molar-refractivity contribution in [3.05, 3.63) is 189 Å². The second-order valence-corrected chi connectivity index (χ2v) is 43.9. The molecule has 139 heavy (non-hydrogen) atoms. The minimum atomic E-state index is -2.25. The molecule has 7 heterocycles. The molecule has 29 nitrogen and oxygen atoms in total. The first-order valence-electron chi connectivity index (χ1n) is 50.1. The number of amidine groups is 3. The number of methoxy groups -OCH3 is 2. The zero-order valence-electron chi connectivity index (χ0n) is 85.8. The van der Waals surface area contributed by atoms with Crippen LogP contribution in [-0.2, 0) is 78.6 Å². The number of Topliss-reactive ketones (excluding diaryl/α,β-unsaturated/α-hetero) is 3. The summed E-state index contributed by atoms with van der Waals surface area (Å²) in [5.74, 6) is 5.18. The number of carbonyl (C=O) groups is 7. The number of nitrogens with one attached hydrogen (secondary N) is 2. The fourth-order valence-corrected chi connectivity index (χ4v) is 21.1. The highest BCUT2D eigenvalue weighted by Crippen LogP contribution is 2.42. The zero-order valence-corrected chi connectivity index (χ0v) is 87.4. The minimum Gasteiger partial charge on any atom is -0.496 e. The Balaban J connectivity index is 0.000000200. The van der Waals surface area contributed by atoms with Crippen molar-refractivity contribution >= 4 is 86.0 Å². The van der Waals surface area contributed by atoms with Gasteiger partial charge in [0, 0.05) is 111 Å². The van der Waals surface area contributed by atoms with E-state index in [-0.39, 0.29) is 89.8 Å². The molecule has 760 valence electrons. The van der Waals surface area contributed by atoms with E-state index in [0.717, 1.165) is 121 Å². The molecule has 13 rings (SSSR count). The van der Waals surface area contributed by atoms with E-state index in [1.807, 2.05) is 172 Å². The molecule has 4 amide bonds. The maximum Gasteiger partial charge on any atom is 0.288 e. The molecule has 1 unspecified atom stereocenters. The second kappa shape index (κ2) is 52.0. The molecular formula is C108H158N16O13S2. The third-order valence-corrected chi connectivity index (χ3v) is 29.5. The number of thiophene rings is 1. The van der Waals surface area contributed by atoms with Gasteiger partial charge in [-0.1, -0.05) is 167 Å². The van der Waals surface area contributed by atoms with Crippen molar-refractivity contribution in [2.45, 2.75) is 242 Å². The second-order valence-electron chi connectivity index (χ2n) is 40.6. The number of ketones is 3. The Morgan fingerprint density at radius 2 is 1.03 bits per heavy atom. The average Bonchev–Trinajstić information content (AvgIpc) is 1.40. The summed E-state index contributed by atoms with van der Waals surface area (Å²) in [5.41, 5.74) is 11.4. The first kappa shape index (κ1) is 109. The lowest BCUT2D eigenvalue weighted by Crippen LogP contribution is -2.62. The molecule has 3 saturated heterocycles. The average molecular weight is 1950 g/mol. The summed E-state index contributed by atoms with van der Waals surface area (Å²) in [4.78, 5) is 133. The molecule has 1 aliphatic carbocycles. The molecule has 1 saturated carbocycles. The third-order valence-electron chi connectivity index (χ3n) is 27.8. The number of piperazine rings is 3. The standard InChI is InChI=1S/C37H53N5O5.C36H54N6O4.C35H51N5O4S2/c1-26(43)29-19-17-27(24-33(29)46-8)18-20-32(44)31-25-41(36-38-37(2,3)34(47-36)28-14-10-9-11-15-28)22-23-42(31)35(45)30(40(6)7)16-12-13-21-39(4)5;1-36(2)33(27-13-9-8-10-14-27)46-35(38-36)41-21-22-42(34(44)29(40(5)6)15-11-12-20-39(3)4)30(25-41)31(43)19-17-26-16-18-28(24-37)32(23-26)45-7;1-26-32(28-15-8-5-9-16-28)44-35(38-26)39-20-21-40(31(25-39)33(41)36-24-30-18-12-22-45-30)34(42)29(23-27-13-6-4-7-14-27)17-10-11-19-37-46(2,3)43/h9-11,14-15,17,19,24,30-31,34H,12-13,16,18,20-23,25H2,1-8H3;8-10,13-14,16,18,23,29-30,33H,11-12,15,17,19-22,24-25,37H2,1-7H3;5,8-9,12,15-16,18,22,26-27,29,31-32H,2,4,6-7,10-11,13-14,17,19-21,23-25H2,1,3H3,(H,36,41)(H,37,43)/t30-,31+,34+;29-,30+,33+;26-,29-,31-,32-,46?/m110/s1. The van der Waals surface area contributed by atoms with Crippen LogP contribution in [-0.4, -0.2) is 321 Å². The zero-order chi connectivity index (χ0) is 100. The highest BCUT2D eigenvalue weighted by Gasteiger charge is 2.49. The minimum absolute atomic E-state index is 0.0119. The first-order valence-corrected chi connectivity index (χ1v) is 53.1. The van der Waals surface area contributed by atoms with Gasteiger partial charge in [0.15, 0.2) is 29.6 Å². The molecule has 0 radical (unpaired) electrons. The largest absolute Gasteiger partial charge is 0.496 e. The molecule has 6 aliphatic heterocycles. The van der Waals surface area contributed by atoms with Gasteiger partial charge in [-0.2, -0.15) is 0 Å². The van der Waals surface area contributed by atoms with Gasteiger partial charge in [0.05, 0.1) is 51.0 Å². The predicted octanol–water partition coefficient (Wildman–Crippen LogP) is 13.2. The Morgan fingerprint density at radius 1 is 0.561 bits per heavy atom. The van der Waals surface area contributed by atoms with Crippen molar-refractivity contribution in [1.29, 1.82) is 0 Å². The number of ether oxygens (including phenoxy) is 5. The van der Waals surface area contributed by atoms with E-state index in [9.17, 15) is 37.8 Å². The Labute approximate surface area is 831 Å². The normalized spacial score (nSPS) is 21.3. The molecule has 4 N–H and O–H groups in total. The van der Waals surface area contributed by atoms with Gasteiger partial charge >= 0.3 is 0 Å². The van der Waals surface area contributed by atoms with Gasteiger partial charge in [-0.25, -0.2) is 19.7 Å². The number of aliphatic imine (C=N–C) groups is 3. The highest BCUT2D eigenvalue weighted by molar-refractivity contribution is 7.97. The van der Waals surface area contributed by atoms with E-state index >= 15 is 0 Å². The Morgan fingerprint density at radius 3 is 1.49 bits per heavy atom. The van der Waals surface area contributed by atoms with Crippen LogP contribution in [0, 0.1) is 11.8 Å². The van der Waals surface area contributed by atoms with Crippen molar-refractivity contribution in [3.63, 3.8) is 0 Å². The van der Waals surface area contributed by atoms with Crippen LogP contribution in [0.4, 0.5) is 0 Å². The number of rotatable bonds is 41. The van der Waals surface area contributed by atoms with Gasteiger partial charge < -0.3 is 73.9 Å². The SMILES string of the molecule is C=S(C)(=O)NCCCC[C@@H](CC1CCCCC1)C(=O)N1CCN(C2=N[C@@H](C)[C@@H](c3ccccc3)O2)C[C@H]1C(=O)NCc1cccs1.COc1cc(CCC(=O)[C@@H]2CN(C3=NC(C)(C)[C@H](c4ccccc4)O3)CCN2C(=O)[C@@H](CCCCN(C)C)N(C)C)ccc1C(C)=O.COc1cc(CCC(=O)[C@@H]2CN(C3=NC(C)(C)[C@H](c4ccccc4)O3)CCN2C(=O)[C@@H](CCCCN(C)C)N(C)C)ccc1CN.